The Kier molecular flexibility index (Phi) is 11.7. The minimum Gasteiger partial charge on any atom is -0.480 e. The van der Waals surface area contributed by atoms with E-state index in [-0.39, 0.29) is 18.6 Å². The molecule has 0 radical (unpaired) electrons. The Morgan fingerprint density at radius 3 is 2.25 bits per heavy atom. The molecule has 10 N–H and O–H groups in total. The number of rotatable bonds is 15. The lowest BCUT2D eigenvalue weighted by Crippen LogP contribution is -2.58. The molecule has 4 unspecified atom stereocenters. The van der Waals surface area contributed by atoms with Crippen LogP contribution in [-0.4, -0.2) is 82.0 Å². The normalized spacial score (nSPS) is 14.4. The Labute approximate surface area is 214 Å². The first kappa shape index (κ1) is 29.1. The largest absolute Gasteiger partial charge is 0.480 e. The van der Waals surface area contributed by atoms with Crippen molar-refractivity contribution in [2.24, 2.45) is 11.5 Å². The summed E-state index contributed by atoms with van der Waals surface area (Å²) in [4.78, 5) is 52.4. The predicted molar refractivity (Wildman–Crippen MR) is 137 cm³/mol. The summed E-state index contributed by atoms with van der Waals surface area (Å²) >= 11 is 4.06. The van der Waals surface area contributed by atoms with Crippen molar-refractivity contribution in [1.29, 1.82) is 0 Å². The van der Waals surface area contributed by atoms with Gasteiger partial charge in [-0.05, 0) is 43.9 Å². The predicted octanol–water partition coefficient (Wildman–Crippen LogP) is -1.37. The number of hydrogen-bond donors (Lipinski definition) is 9. The zero-order valence-electron chi connectivity index (χ0n) is 19.8. The van der Waals surface area contributed by atoms with Crippen molar-refractivity contribution in [2.75, 3.05) is 18.9 Å². The van der Waals surface area contributed by atoms with Crippen LogP contribution in [0.2, 0.25) is 0 Å². The molecule has 4 atom stereocenters. The Hall–Kier alpha value is -3.13. The van der Waals surface area contributed by atoms with Crippen molar-refractivity contribution in [3.8, 4) is 0 Å². The van der Waals surface area contributed by atoms with Crippen LogP contribution in [0.3, 0.4) is 0 Å². The highest BCUT2D eigenvalue weighted by Crippen LogP contribution is 2.18. The highest BCUT2D eigenvalue weighted by Gasteiger charge is 2.29. The van der Waals surface area contributed by atoms with Gasteiger partial charge >= 0.3 is 5.97 Å². The molecule has 0 aliphatic heterocycles. The van der Waals surface area contributed by atoms with Crippen molar-refractivity contribution < 1.29 is 29.4 Å². The summed E-state index contributed by atoms with van der Waals surface area (Å²) in [5.74, 6) is -3.58. The van der Waals surface area contributed by atoms with Crippen molar-refractivity contribution in [2.45, 2.75) is 49.9 Å². The van der Waals surface area contributed by atoms with Crippen LogP contribution in [-0.2, 0) is 25.6 Å². The lowest BCUT2D eigenvalue weighted by molar-refractivity contribution is -0.143. The number of aliphatic hydroxyl groups excluding tert-OH is 1. The molecule has 36 heavy (non-hydrogen) atoms. The van der Waals surface area contributed by atoms with Crippen LogP contribution in [0.15, 0.2) is 30.5 Å². The average molecular weight is 523 g/mol. The molecule has 0 saturated carbocycles. The number of amides is 3. The van der Waals surface area contributed by atoms with E-state index in [2.05, 4.69) is 33.6 Å². The van der Waals surface area contributed by atoms with Crippen LogP contribution in [0.25, 0.3) is 10.9 Å². The average Bonchev–Trinajstić information content (AvgIpc) is 3.27. The molecular formula is C23H34N6O6S. The van der Waals surface area contributed by atoms with E-state index >= 15 is 0 Å². The Morgan fingerprint density at radius 2 is 1.61 bits per heavy atom. The molecule has 0 aliphatic rings. The summed E-state index contributed by atoms with van der Waals surface area (Å²) in [5.41, 5.74) is 13.5. The number of nitrogens with two attached hydrogens (primary N) is 2. The van der Waals surface area contributed by atoms with Gasteiger partial charge in [0.1, 0.15) is 18.1 Å². The number of H-pyrrole nitrogens is 1. The number of carbonyl (C=O) groups excluding carboxylic acids is 3. The number of nitrogens with one attached hydrogen (secondary N) is 4. The number of carboxylic acids is 1. The topological polar surface area (TPSA) is 213 Å². The fourth-order valence-corrected chi connectivity index (χ4v) is 3.85. The highest BCUT2D eigenvalue weighted by atomic mass is 32.1. The monoisotopic (exact) mass is 522 g/mol. The maximum atomic E-state index is 13.0. The molecule has 13 heteroatoms. The first-order valence-corrected chi connectivity index (χ1v) is 12.2. The standard InChI is InChI=1S/C23H34N6O6S/c24-8-4-3-7-17(21(32)29-19(12-36)22(33)28-18(11-30)23(34)35)27-20(31)15(25)9-13-10-26-16-6-2-1-5-14(13)16/h1-2,5-6,10,15,17-19,26,30,36H,3-4,7-9,11-12,24-25H2,(H,27,31)(H,28,33)(H,29,32)(H,34,35). The molecule has 0 bridgehead atoms. The summed E-state index contributed by atoms with van der Waals surface area (Å²) in [7, 11) is 0. The summed E-state index contributed by atoms with van der Waals surface area (Å²) in [6, 6.07) is 2.96. The highest BCUT2D eigenvalue weighted by molar-refractivity contribution is 7.80. The van der Waals surface area contributed by atoms with Crippen LogP contribution in [0.4, 0.5) is 0 Å². The third-order valence-corrected chi connectivity index (χ3v) is 6.01. The zero-order chi connectivity index (χ0) is 26.7. The second-order valence-electron chi connectivity index (χ2n) is 8.34. The van der Waals surface area contributed by atoms with Gasteiger partial charge in [-0.25, -0.2) is 4.79 Å². The van der Waals surface area contributed by atoms with Gasteiger partial charge in [0.25, 0.3) is 0 Å². The number of aromatic nitrogens is 1. The fraction of sp³-hybridized carbons (Fsp3) is 0.478. The number of para-hydroxylation sites is 1. The number of unbranched alkanes of at least 4 members (excludes halogenated alkanes) is 1. The minimum atomic E-state index is -1.53. The lowest BCUT2D eigenvalue weighted by Gasteiger charge is -2.24. The number of carboxylic acid groups (broad SMARTS) is 1. The summed E-state index contributed by atoms with van der Waals surface area (Å²) < 4.78 is 0. The molecule has 2 rings (SSSR count). The molecule has 0 fully saturated rings. The number of thiol groups is 1. The molecule has 0 aliphatic carbocycles. The Bertz CT molecular complexity index is 1050. The summed E-state index contributed by atoms with van der Waals surface area (Å²) in [6.45, 7) is -0.415. The Balaban J connectivity index is 2.06. The maximum absolute atomic E-state index is 13.0. The van der Waals surface area contributed by atoms with Gasteiger partial charge < -0.3 is 42.6 Å². The van der Waals surface area contributed by atoms with Gasteiger partial charge in [-0.1, -0.05) is 18.2 Å². The van der Waals surface area contributed by atoms with E-state index in [9.17, 15) is 19.2 Å². The number of aliphatic hydroxyl groups is 1. The van der Waals surface area contributed by atoms with E-state index in [1.807, 2.05) is 24.3 Å². The minimum absolute atomic E-state index is 0.140. The first-order valence-electron chi connectivity index (χ1n) is 11.6. The number of carbonyl (C=O) groups is 4. The lowest BCUT2D eigenvalue weighted by atomic mass is 10.0. The van der Waals surface area contributed by atoms with Gasteiger partial charge in [-0.3, -0.25) is 14.4 Å². The van der Waals surface area contributed by atoms with E-state index in [0.717, 1.165) is 16.5 Å². The molecule has 3 amide bonds. The molecular weight excluding hydrogens is 488 g/mol. The van der Waals surface area contributed by atoms with Crippen molar-refractivity contribution in [3.63, 3.8) is 0 Å². The Morgan fingerprint density at radius 1 is 0.972 bits per heavy atom. The van der Waals surface area contributed by atoms with Gasteiger partial charge in [0.15, 0.2) is 0 Å². The summed E-state index contributed by atoms with van der Waals surface area (Å²) in [5, 5.41) is 26.4. The molecule has 1 aromatic heterocycles. The first-order chi connectivity index (χ1) is 17.2. The second kappa shape index (κ2) is 14.4. The third kappa shape index (κ3) is 8.22. The van der Waals surface area contributed by atoms with Crippen molar-refractivity contribution in [1.82, 2.24) is 20.9 Å². The number of hydrogen-bond acceptors (Lipinski definition) is 8. The quantitative estimate of drug-likeness (QED) is 0.100. The second-order valence-corrected chi connectivity index (χ2v) is 8.71. The number of aliphatic carboxylic acids is 1. The van der Waals surface area contributed by atoms with E-state index < -0.39 is 54.5 Å². The van der Waals surface area contributed by atoms with Crippen molar-refractivity contribution in [3.05, 3.63) is 36.0 Å². The van der Waals surface area contributed by atoms with Gasteiger partial charge in [0.2, 0.25) is 17.7 Å². The number of fused-ring (bicyclic) bond motifs is 1. The number of aromatic amines is 1. The molecule has 2 aromatic rings. The van der Waals surface area contributed by atoms with E-state index in [1.54, 1.807) is 6.20 Å². The van der Waals surface area contributed by atoms with Crippen LogP contribution in [0.5, 0.6) is 0 Å². The van der Waals surface area contributed by atoms with E-state index in [0.29, 0.717) is 19.4 Å². The van der Waals surface area contributed by atoms with Crippen LogP contribution >= 0.6 is 12.6 Å². The molecule has 1 aromatic carbocycles. The van der Waals surface area contributed by atoms with Gasteiger partial charge in [0, 0.05) is 22.9 Å². The van der Waals surface area contributed by atoms with Crippen molar-refractivity contribution >= 4 is 47.2 Å². The molecule has 198 valence electrons. The van der Waals surface area contributed by atoms with Gasteiger partial charge in [0.05, 0.1) is 12.6 Å². The smallest absolute Gasteiger partial charge is 0.328 e. The van der Waals surface area contributed by atoms with E-state index in [1.165, 1.54) is 0 Å². The maximum Gasteiger partial charge on any atom is 0.328 e. The SMILES string of the molecule is NCCCCC(NC(=O)C(N)Cc1c[nH]c2ccccc12)C(=O)NC(CS)C(=O)NC(CO)C(=O)O. The van der Waals surface area contributed by atoms with Crippen LogP contribution in [0, 0.1) is 0 Å². The number of benzene rings is 1. The fourth-order valence-electron chi connectivity index (χ4n) is 3.59. The molecule has 1 heterocycles. The van der Waals surface area contributed by atoms with Crippen LogP contribution < -0.4 is 27.4 Å². The molecule has 0 spiro atoms. The van der Waals surface area contributed by atoms with E-state index in [4.69, 9.17) is 21.7 Å². The van der Waals surface area contributed by atoms with Crippen LogP contribution in [0.1, 0.15) is 24.8 Å². The van der Waals surface area contributed by atoms with Gasteiger partial charge in [-0.15, -0.1) is 0 Å². The molecule has 12 nitrogen and oxygen atoms in total. The zero-order valence-corrected chi connectivity index (χ0v) is 20.7. The third-order valence-electron chi connectivity index (χ3n) is 5.64. The molecule has 0 saturated heterocycles. The summed E-state index contributed by atoms with van der Waals surface area (Å²) in [6.07, 6.45) is 3.44. The van der Waals surface area contributed by atoms with Gasteiger partial charge in [-0.2, -0.15) is 12.6 Å².